The lowest BCUT2D eigenvalue weighted by Gasteiger charge is -2.12. The molecule has 8 nitrogen and oxygen atoms in total. The molecule has 1 radical (unpaired) electrons. The number of nitrogens with zero attached hydrogens (tertiary/aromatic N) is 1. The maximum absolute atomic E-state index is 11.2. The van der Waals surface area contributed by atoms with Gasteiger partial charge in [-0.2, -0.15) is 16.8 Å². The van der Waals surface area contributed by atoms with Gasteiger partial charge in [-0.05, 0) is 12.1 Å². The van der Waals surface area contributed by atoms with E-state index in [1.165, 1.54) is 0 Å². The molecule has 0 unspecified atom stereocenters. The van der Waals surface area contributed by atoms with E-state index in [1.807, 2.05) is 0 Å². The van der Waals surface area contributed by atoms with Crippen molar-refractivity contribution >= 4 is 25.9 Å². The first-order chi connectivity index (χ1) is 8.12. The van der Waals surface area contributed by atoms with Crippen molar-refractivity contribution in [3.8, 4) is 5.75 Å². The normalized spacial score (nSPS) is 12.2. The van der Waals surface area contributed by atoms with Crippen LogP contribution in [0, 0.1) is 0 Å². The summed E-state index contributed by atoms with van der Waals surface area (Å²) >= 11 is 0. The summed E-state index contributed by atoms with van der Waals surface area (Å²) in [6.45, 7) is 0. The lowest BCUT2D eigenvalue weighted by molar-refractivity contribution is 0.396. The second-order valence-electron chi connectivity index (χ2n) is 3.12. The molecule has 0 aromatic heterocycles. The highest BCUT2D eigenvalue weighted by molar-refractivity contribution is 7.87. The van der Waals surface area contributed by atoms with Gasteiger partial charge in [0, 0.05) is 7.05 Å². The lowest BCUT2D eigenvalue weighted by atomic mass is 10.3. The number of benzene rings is 1. The Balaban J connectivity index is 3.87. The molecule has 0 atom stereocenters. The van der Waals surface area contributed by atoms with Gasteiger partial charge in [-0.15, -0.1) is 0 Å². The van der Waals surface area contributed by atoms with Crippen LogP contribution in [0.15, 0.2) is 21.9 Å². The molecular weight excluding hydrogens is 286 g/mol. The molecule has 1 rings (SSSR count). The van der Waals surface area contributed by atoms with Crippen LogP contribution in [0.25, 0.3) is 0 Å². The molecule has 2 N–H and O–H groups in total. The Morgan fingerprint density at radius 2 is 1.67 bits per heavy atom. The number of methoxy groups -OCH3 is 1. The Morgan fingerprint density at radius 3 is 2.00 bits per heavy atom. The summed E-state index contributed by atoms with van der Waals surface area (Å²) < 4.78 is 67.3. The van der Waals surface area contributed by atoms with Crippen molar-refractivity contribution in [2.45, 2.75) is 9.79 Å². The van der Waals surface area contributed by atoms with E-state index in [0.717, 1.165) is 26.3 Å². The summed E-state index contributed by atoms with van der Waals surface area (Å²) in [5, 5.41) is 3.45. The van der Waals surface area contributed by atoms with E-state index in [-0.39, 0.29) is 5.75 Å². The van der Waals surface area contributed by atoms with E-state index in [0.29, 0.717) is 0 Å². The lowest BCUT2D eigenvalue weighted by Crippen LogP contribution is -2.10. The first-order valence-corrected chi connectivity index (χ1v) is 7.26. The Labute approximate surface area is 104 Å². The SMILES string of the molecule is C[N]c1c(S(=O)(=O)O)ccc(OC)c1S(=O)(=O)O. The summed E-state index contributed by atoms with van der Waals surface area (Å²) in [6.07, 6.45) is 0. The smallest absolute Gasteiger partial charge is 0.300 e. The molecule has 0 aliphatic heterocycles. The van der Waals surface area contributed by atoms with Crippen LogP contribution >= 0.6 is 0 Å². The molecule has 1 aromatic rings. The van der Waals surface area contributed by atoms with E-state index < -0.39 is 35.7 Å². The van der Waals surface area contributed by atoms with Crippen LogP contribution in [-0.4, -0.2) is 40.1 Å². The number of hydrogen-bond acceptors (Lipinski definition) is 5. The summed E-state index contributed by atoms with van der Waals surface area (Å²) in [5.74, 6) is -0.287. The van der Waals surface area contributed by atoms with E-state index >= 15 is 0 Å². The Kier molecular flexibility index (Phi) is 3.86. The van der Waals surface area contributed by atoms with Gasteiger partial charge in [0.1, 0.15) is 16.3 Å². The van der Waals surface area contributed by atoms with Crippen LogP contribution < -0.4 is 10.1 Å². The van der Waals surface area contributed by atoms with Gasteiger partial charge < -0.3 is 4.74 Å². The van der Waals surface area contributed by atoms with Gasteiger partial charge in [-0.25, -0.2) is 0 Å². The molecule has 0 saturated heterocycles. The van der Waals surface area contributed by atoms with Crippen LogP contribution in [0.4, 0.5) is 5.69 Å². The van der Waals surface area contributed by atoms with Gasteiger partial charge in [0.05, 0.1) is 7.11 Å². The van der Waals surface area contributed by atoms with E-state index in [2.05, 4.69) is 5.32 Å². The topological polar surface area (TPSA) is 132 Å². The largest absolute Gasteiger partial charge is 0.495 e. The Bertz CT molecular complexity index is 663. The molecule has 0 spiro atoms. The van der Waals surface area contributed by atoms with Crippen molar-refractivity contribution in [2.24, 2.45) is 0 Å². The Morgan fingerprint density at radius 1 is 1.11 bits per heavy atom. The Hall–Kier alpha value is -1.36. The first kappa shape index (κ1) is 14.7. The van der Waals surface area contributed by atoms with E-state index in [1.54, 1.807) is 0 Å². The maximum atomic E-state index is 11.2. The molecule has 0 amide bonds. The van der Waals surface area contributed by atoms with Crippen molar-refractivity contribution in [3.05, 3.63) is 12.1 Å². The fourth-order valence-electron chi connectivity index (χ4n) is 1.36. The van der Waals surface area contributed by atoms with Crippen LogP contribution in [-0.2, 0) is 20.2 Å². The minimum atomic E-state index is -4.77. The van der Waals surface area contributed by atoms with Gasteiger partial charge in [0.25, 0.3) is 20.2 Å². The van der Waals surface area contributed by atoms with Crippen LogP contribution in [0.1, 0.15) is 0 Å². The molecule has 0 saturated carbocycles. The summed E-state index contributed by atoms with van der Waals surface area (Å²) in [6, 6.07) is 1.91. The van der Waals surface area contributed by atoms with Crippen molar-refractivity contribution in [1.82, 2.24) is 5.32 Å². The molecule has 101 valence electrons. The van der Waals surface area contributed by atoms with Crippen molar-refractivity contribution in [3.63, 3.8) is 0 Å². The predicted octanol–water partition coefficient (Wildman–Crippen LogP) is 0.0543. The third kappa shape index (κ3) is 2.72. The van der Waals surface area contributed by atoms with Crippen molar-refractivity contribution in [2.75, 3.05) is 14.2 Å². The average Bonchev–Trinajstić information content (AvgIpc) is 2.24. The van der Waals surface area contributed by atoms with E-state index in [4.69, 9.17) is 13.8 Å². The zero-order valence-corrected chi connectivity index (χ0v) is 11.0. The first-order valence-electron chi connectivity index (χ1n) is 4.38. The quantitative estimate of drug-likeness (QED) is 0.750. The molecular formula is C8H10NO7S2. The molecule has 0 aliphatic rings. The number of rotatable bonds is 4. The zero-order chi connectivity index (χ0) is 14.1. The average molecular weight is 296 g/mol. The minimum Gasteiger partial charge on any atom is -0.495 e. The highest BCUT2D eigenvalue weighted by Crippen LogP contribution is 2.36. The highest BCUT2D eigenvalue weighted by atomic mass is 32.2. The second kappa shape index (κ2) is 4.72. The second-order valence-corrected chi connectivity index (χ2v) is 5.87. The molecule has 0 fully saturated rings. The minimum absolute atomic E-state index is 0.287. The fourth-order valence-corrected chi connectivity index (χ4v) is 2.96. The zero-order valence-electron chi connectivity index (χ0n) is 9.35. The monoisotopic (exact) mass is 296 g/mol. The summed E-state index contributed by atoms with van der Waals surface area (Å²) in [7, 11) is -7.20. The van der Waals surface area contributed by atoms with Gasteiger partial charge in [-0.3, -0.25) is 14.4 Å². The van der Waals surface area contributed by atoms with Gasteiger partial charge in [0.2, 0.25) is 0 Å². The fraction of sp³-hybridized carbons (Fsp3) is 0.250. The molecule has 0 aliphatic carbocycles. The van der Waals surface area contributed by atoms with E-state index in [9.17, 15) is 16.8 Å². The van der Waals surface area contributed by atoms with Crippen LogP contribution in [0.2, 0.25) is 0 Å². The van der Waals surface area contributed by atoms with Gasteiger partial charge in [0.15, 0.2) is 4.90 Å². The van der Waals surface area contributed by atoms with Gasteiger partial charge >= 0.3 is 0 Å². The van der Waals surface area contributed by atoms with Crippen molar-refractivity contribution < 1.29 is 30.7 Å². The molecule has 0 bridgehead atoms. The molecule has 18 heavy (non-hydrogen) atoms. The van der Waals surface area contributed by atoms with Crippen LogP contribution in [0.5, 0.6) is 5.75 Å². The van der Waals surface area contributed by atoms with Crippen molar-refractivity contribution in [1.29, 1.82) is 0 Å². The number of ether oxygens (including phenoxy) is 1. The highest BCUT2D eigenvalue weighted by Gasteiger charge is 2.28. The standard InChI is InChI=1S/C8H10NO7S2/c1-9-7-6(17(10,11)12)4-3-5(16-2)8(7)18(13,14)15/h3-4H,1-2H3,(H,10,11,12)(H,13,14,15). The number of hydrogen-bond donors (Lipinski definition) is 2. The van der Waals surface area contributed by atoms with Crippen LogP contribution in [0.3, 0.4) is 0 Å². The third-order valence-electron chi connectivity index (χ3n) is 2.04. The molecule has 0 heterocycles. The molecule has 10 heteroatoms. The molecule has 1 aromatic carbocycles. The van der Waals surface area contributed by atoms with Gasteiger partial charge in [-0.1, -0.05) is 0 Å². The third-order valence-corrected chi connectivity index (χ3v) is 3.83. The summed E-state index contributed by atoms with van der Waals surface area (Å²) in [4.78, 5) is -1.55. The predicted molar refractivity (Wildman–Crippen MR) is 60.3 cm³/mol. The summed E-state index contributed by atoms with van der Waals surface area (Å²) in [5.41, 5.74) is -0.598. The maximum Gasteiger partial charge on any atom is 0.300 e.